The van der Waals surface area contributed by atoms with Crippen molar-refractivity contribution < 1.29 is 14.2 Å². The molecule has 3 aromatic carbocycles. The van der Waals surface area contributed by atoms with E-state index in [-0.39, 0.29) is 0 Å². The van der Waals surface area contributed by atoms with Crippen molar-refractivity contribution in [1.29, 1.82) is 0 Å². The van der Waals surface area contributed by atoms with Gasteiger partial charge in [-0.05, 0) is 42.0 Å². The second-order valence-corrected chi connectivity index (χ2v) is 7.47. The zero-order valence-corrected chi connectivity index (χ0v) is 18.1. The van der Waals surface area contributed by atoms with Gasteiger partial charge in [-0.2, -0.15) is 0 Å². The fraction of sp³-hybridized carbons (Fsp3) is 0.174. The fourth-order valence-electron chi connectivity index (χ4n) is 3.48. The van der Waals surface area contributed by atoms with Crippen LogP contribution in [-0.2, 0) is 6.54 Å². The molecule has 4 aromatic rings. The van der Waals surface area contributed by atoms with E-state index in [2.05, 4.69) is 38.7 Å². The normalized spacial score (nSPS) is 10.9. The van der Waals surface area contributed by atoms with Crippen LogP contribution in [0.5, 0.6) is 17.2 Å². The molecule has 0 saturated carbocycles. The van der Waals surface area contributed by atoms with Gasteiger partial charge in [0.1, 0.15) is 5.82 Å². The molecule has 0 aliphatic rings. The summed E-state index contributed by atoms with van der Waals surface area (Å²) >= 11 is 3.56. The van der Waals surface area contributed by atoms with Gasteiger partial charge in [-0.25, -0.2) is 4.98 Å². The van der Waals surface area contributed by atoms with Gasteiger partial charge in [-0.3, -0.25) is 0 Å². The van der Waals surface area contributed by atoms with Gasteiger partial charge in [-0.15, -0.1) is 0 Å². The van der Waals surface area contributed by atoms with Gasteiger partial charge in [-0.1, -0.05) is 40.2 Å². The number of hydrogen-bond acceptors (Lipinski definition) is 4. The van der Waals surface area contributed by atoms with Crippen molar-refractivity contribution in [3.63, 3.8) is 0 Å². The third-order valence-electron chi connectivity index (χ3n) is 4.81. The average Bonchev–Trinajstić information content (AvgIpc) is 3.11. The molecule has 0 amide bonds. The Morgan fingerprint density at radius 2 is 1.59 bits per heavy atom. The Morgan fingerprint density at radius 1 is 0.862 bits per heavy atom. The topological polar surface area (TPSA) is 45.5 Å². The molecule has 29 heavy (non-hydrogen) atoms. The molecule has 0 aliphatic heterocycles. The Bertz CT molecular complexity index is 1140. The smallest absolute Gasteiger partial charge is 0.203 e. The molecule has 1 aromatic heterocycles. The SMILES string of the molecule is COc1cc(-c2nc3ccccc3n2Cc2cccc(Br)c2)cc(OC)c1OC. The molecular formula is C23H21BrN2O3. The van der Waals surface area contributed by atoms with E-state index in [1.807, 2.05) is 42.5 Å². The van der Waals surface area contributed by atoms with Crippen LogP contribution in [0.2, 0.25) is 0 Å². The minimum Gasteiger partial charge on any atom is -0.493 e. The lowest BCUT2D eigenvalue weighted by molar-refractivity contribution is 0.324. The maximum absolute atomic E-state index is 5.54. The van der Waals surface area contributed by atoms with E-state index in [1.165, 1.54) is 5.56 Å². The molecule has 0 radical (unpaired) electrons. The highest BCUT2D eigenvalue weighted by Crippen LogP contribution is 2.41. The lowest BCUT2D eigenvalue weighted by Gasteiger charge is -2.15. The Kier molecular flexibility index (Phi) is 5.45. The third kappa shape index (κ3) is 3.68. The van der Waals surface area contributed by atoms with Gasteiger partial charge in [0.25, 0.3) is 0 Å². The van der Waals surface area contributed by atoms with Crippen LogP contribution in [0.25, 0.3) is 22.4 Å². The van der Waals surface area contributed by atoms with E-state index in [4.69, 9.17) is 19.2 Å². The van der Waals surface area contributed by atoms with E-state index >= 15 is 0 Å². The van der Waals surface area contributed by atoms with Crippen molar-refractivity contribution in [3.05, 3.63) is 70.7 Å². The van der Waals surface area contributed by atoms with E-state index in [1.54, 1.807) is 21.3 Å². The Morgan fingerprint density at radius 3 is 2.24 bits per heavy atom. The Labute approximate surface area is 178 Å². The molecule has 0 atom stereocenters. The summed E-state index contributed by atoms with van der Waals surface area (Å²) in [5.41, 5.74) is 4.07. The Hall–Kier alpha value is -2.99. The van der Waals surface area contributed by atoms with Gasteiger partial charge in [0, 0.05) is 16.6 Å². The van der Waals surface area contributed by atoms with Crippen molar-refractivity contribution >= 4 is 27.0 Å². The zero-order chi connectivity index (χ0) is 20.4. The number of methoxy groups -OCH3 is 3. The molecule has 6 heteroatoms. The first kappa shape index (κ1) is 19.3. The van der Waals surface area contributed by atoms with E-state index in [9.17, 15) is 0 Å². The summed E-state index contributed by atoms with van der Waals surface area (Å²) in [4.78, 5) is 4.91. The molecular weight excluding hydrogens is 432 g/mol. The van der Waals surface area contributed by atoms with Gasteiger partial charge in [0.2, 0.25) is 5.75 Å². The van der Waals surface area contributed by atoms with Crippen molar-refractivity contribution in [3.8, 4) is 28.6 Å². The van der Waals surface area contributed by atoms with Gasteiger partial charge in [0.05, 0.1) is 32.4 Å². The van der Waals surface area contributed by atoms with Crippen molar-refractivity contribution in [2.75, 3.05) is 21.3 Å². The predicted octanol–water partition coefficient (Wildman–Crippen LogP) is 5.54. The predicted molar refractivity (Wildman–Crippen MR) is 118 cm³/mol. The number of imidazole rings is 1. The van der Waals surface area contributed by atoms with Gasteiger partial charge in [0.15, 0.2) is 11.5 Å². The average molecular weight is 453 g/mol. The molecule has 4 rings (SSSR count). The molecule has 0 aliphatic carbocycles. The standard InChI is InChI=1S/C23H21BrN2O3/c1-27-20-12-16(13-21(28-2)22(20)29-3)23-25-18-9-4-5-10-19(18)26(23)14-15-7-6-8-17(24)11-15/h4-13H,14H2,1-3H3. The van der Waals surface area contributed by atoms with Gasteiger partial charge < -0.3 is 18.8 Å². The summed E-state index contributed by atoms with van der Waals surface area (Å²) in [6.07, 6.45) is 0. The first-order valence-corrected chi connectivity index (χ1v) is 9.94. The minimum atomic E-state index is 0.563. The van der Waals surface area contributed by atoms with Crippen LogP contribution in [0, 0.1) is 0 Å². The minimum absolute atomic E-state index is 0.563. The van der Waals surface area contributed by atoms with E-state index in [0.717, 1.165) is 26.9 Å². The highest BCUT2D eigenvalue weighted by molar-refractivity contribution is 9.10. The van der Waals surface area contributed by atoms with Gasteiger partial charge >= 0.3 is 0 Å². The first-order chi connectivity index (χ1) is 14.1. The number of fused-ring (bicyclic) bond motifs is 1. The fourth-order valence-corrected chi connectivity index (χ4v) is 3.93. The number of halogens is 1. The molecule has 1 heterocycles. The molecule has 0 saturated heterocycles. The number of aromatic nitrogens is 2. The summed E-state index contributed by atoms with van der Waals surface area (Å²) in [5.74, 6) is 2.60. The molecule has 0 unspecified atom stereocenters. The third-order valence-corrected chi connectivity index (χ3v) is 5.30. The van der Waals surface area contributed by atoms with E-state index in [0.29, 0.717) is 23.8 Å². The highest BCUT2D eigenvalue weighted by atomic mass is 79.9. The highest BCUT2D eigenvalue weighted by Gasteiger charge is 2.19. The number of rotatable bonds is 6. The summed E-state index contributed by atoms with van der Waals surface area (Å²) in [5, 5.41) is 0. The summed E-state index contributed by atoms with van der Waals surface area (Å²) in [6, 6.07) is 20.3. The lowest BCUT2D eigenvalue weighted by Crippen LogP contribution is -2.03. The van der Waals surface area contributed by atoms with Crippen LogP contribution in [0.1, 0.15) is 5.56 Å². The van der Waals surface area contributed by atoms with Crippen LogP contribution < -0.4 is 14.2 Å². The molecule has 148 valence electrons. The van der Waals surface area contributed by atoms with Crippen LogP contribution >= 0.6 is 15.9 Å². The maximum Gasteiger partial charge on any atom is 0.203 e. The number of para-hydroxylation sites is 2. The quantitative estimate of drug-likeness (QED) is 0.385. The number of nitrogens with zero attached hydrogens (tertiary/aromatic N) is 2. The second-order valence-electron chi connectivity index (χ2n) is 6.55. The number of hydrogen-bond donors (Lipinski definition) is 0. The van der Waals surface area contributed by atoms with E-state index < -0.39 is 0 Å². The number of benzene rings is 3. The summed E-state index contributed by atoms with van der Waals surface area (Å²) < 4.78 is 19.8. The molecule has 0 N–H and O–H groups in total. The zero-order valence-electron chi connectivity index (χ0n) is 16.5. The van der Waals surface area contributed by atoms with Crippen molar-refractivity contribution in [2.24, 2.45) is 0 Å². The summed E-state index contributed by atoms with van der Waals surface area (Å²) in [6.45, 7) is 0.686. The lowest BCUT2D eigenvalue weighted by atomic mass is 10.1. The van der Waals surface area contributed by atoms with Crippen LogP contribution in [0.3, 0.4) is 0 Å². The number of ether oxygens (including phenoxy) is 3. The van der Waals surface area contributed by atoms with Crippen LogP contribution in [0.4, 0.5) is 0 Å². The molecule has 0 spiro atoms. The Balaban J connectivity index is 1.92. The monoisotopic (exact) mass is 452 g/mol. The molecule has 0 fully saturated rings. The van der Waals surface area contributed by atoms with Crippen LogP contribution in [0.15, 0.2) is 65.1 Å². The maximum atomic E-state index is 5.54. The molecule has 0 bridgehead atoms. The largest absolute Gasteiger partial charge is 0.493 e. The first-order valence-electron chi connectivity index (χ1n) is 9.14. The molecule has 5 nitrogen and oxygen atoms in total. The second kappa shape index (κ2) is 8.17. The van der Waals surface area contributed by atoms with Crippen molar-refractivity contribution in [2.45, 2.75) is 6.54 Å². The van der Waals surface area contributed by atoms with Crippen molar-refractivity contribution in [1.82, 2.24) is 9.55 Å². The van der Waals surface area contributed by atoms with Crippen LogP contribution in [-0.4, -0.2) is 30.9 Å². The summed E-state index contributed by atoms with van der Waals surface area (Å²) in [7, 11) is 4.83.